The van der Waals surface area contributed by atoms with Crippen LogP contribution in [-0.2, 0) is 14.8 Å². The van der Waals surface area contributed by atoms with Crippen molar-refractivity contribution in [3.05, 3.63) is 53.8 Å². The number of benzene rings is 2. The molecule has 1 aliphatic heterocycles. The van der Waals surface area contributed by atoms with Gasteiger partial charge < -0.3 is 19.9 Å². The Labute approximate surface area is 198 Å². The predicted octanol–water partition coefficient (Wildman–Crippen LogP) is 2.83. The maximum atomic E-state index is 13.5. The summed E-state index contributed by atoms with van der Waals surface area (Å²) in [6.45, 7) is 1.95. The molecule has 3 aromatic rings. The van der Waals surface area contributed by atoms with Gasteiger partial charge in [-0.2, -0.15) is 4.31 Å². The number of ether oxygens (including phenoxy) is 1. The van der Waals surface area contributed by atoms with Crippen LogP contribution in [0.3, 0.4) is 0 Å². The first-order valence-corrected chi connectivity index (χ1v) is 12.6. The highest BCUT2D eigenvalue weighted by Gasteiger charge is 2.41. The summed E-state index contributed by atoms with van der Waals surface area (Å²) >= 11 is 0. The van der Waals surface area contributed by atoms with Gasteiger partial charge in [0, 0.05) is 26.3 Å². The van der Waals surface area contributed by atoms with Crippen LogP contribution in [0.25, 0.3) is 11.0 Å². The van der Waals surface area contributed by atoms with E-state index in [1.54, 1.807) is 25.1 Å². The van der Waals surface area contributed by atoms with Crippen molar-refractivity contribution in [2.24, 2.45) is 0 Å². The second-order valence-corrected chi connectivity index (χ2v) is 10.6. The number of nitrogens with zero attached hydrogens (tertiary/aromatic N) is 3. The van der Waals surface area contributed by atoms with E-state index in [0.717, 1.165) is 5.69 Å². The summed E-state index contributed by atoms with van der Waals surface area (Å²) in [6.07, 6.45) is -0.257. The van der Waals surface area contributed by atoms with Gasteiger partial charge in [-0.1, -0.05) is 6.92 Å². The first kappa shape index (κ1) is 24.0. The van der Waals surface area contributed by atoms with E-state index in [1.165, 1.54) is 16.4 Å². The Morgan fingerprint density at radius 3 is 2.65 bits per heavy atom. The maximum Gasteiger partial charge on any atom is 0.338 e. The first-order valence-electron chi connectivity index (χ1n) is 11.0. The van der Waals surface area contributed by atoms with Crippen LogP contribution < -0.4 is 10.2 Å². The summed E-state index contributed by atoms with van der Waals surface area (Å²) in [4.78, 5) is 22.1. The van der Waals surface area contributed by atoms with Crippen molar-refractivity contribution in [1.29, 1.82) is 0 Å². The van der Waals surface area contributed by atoms with Gasteiger partial charge in [0.1, 0.15) is 11.9 Å². The topological polar surface area (TPSA) is 108 Å². The fourth-order valence-electron chi connectivity index (χ4n) is 3.94. The molecule has 0 bridgehead atoms. The zero-order chi connectivity index (χ0) is 24.5. The minimum atomic E-state index is -3.50. The van der Waals surface area contributed by atoms with Gasteiger partial charge in [0.15, 0.2) is 0 Å². The Bertz CT molecular complexity index is 1280. The lowest BCUT2D eigenvalue weighted by atomic mass is 10.2. The Morgan fingerprint density at radius 2 is 1.97 bits per heavy atom. The summed E-state index contributed by atoms with van der Waals surface area (Å²) in [6, 6.07) is 10.6. The van der Waals surface area contributed by atoms with Crippen molar-refractivity contribution in [1.82, 2.24) is 14.3 Å². The van der Waals surface area contributed by atoms with Crippen molar-refractivity contribution in [2.45, 2.75) is 25.5 Å². The van der Waals surface area contributed by atoms with Gasteiger partial charge in [0.25, 0.3) is 0 Å². The number of sulfonamides is 1. The van der Waals surface area contributed by atoms with Crippen LogP contribution in [0.4, 0.5) is 16.0 Å². The highest BCUT2D eigenvalue weighted by molar-refractivity contribution is 7.89. The molecular formula is C23H28FN5O4S. The highest BCUT2D eigenvalue weighted by Crippen LogP contribution is 2.24. The van der Waals surface area contributed by atoms with E-state index < -0.39 is 34.0 Å². The molecule has 34 heavy (non-hydrogen) atoms. The van der Waals surface area contributed by atoms with Crippen molar-refractivity contribution < 1.29 is 22.3 Å². The van der Waals surface area contributed by atoms with E-state index in [0.29, 0.717) is 29.0 Å². The van der Waals surface area contributed by atoms with Crippen molar-refractivity contribution in [3.8, 4) is 0 Å². The summed E-state index contributed by atoms with van der Waals surface area (Å²) < 4.78 is 46.0. The summed E-state index contributed by atoms with van der Waals surface area (Å²) in [5, 5.41) is 3.15. The number of rotatable bonds is 8. The van der Waals surface area contributed by atoms with Gasteiger partial charge in [0.05, 0.1) is 34.9 Å². The molecule has 0 aliphatic carbocycles. The quantitative estimate of drug-likeness (QED) is 0.469. The zero-order valence-electron chi connectivity index (χ0n) is 19.3. The third-order valence-electron chi connectivity index (χ3n) is 5.73. The molecule has 0 amide bonds. The SMILES string of the molecule is CCCS(=O)(=O)N1C[C@H](Nc2nc3ccc(F)cc3[nH]2)[C@@H](OC(=O)c2ccc(N(C)C)cc2)C1. The van der Waals surface area contributed by atoms with Gasteiger partial charge in [0.2, 0.25) is 16.0 Å². The number of fused-ring (bicyclic) bond motifs is 1. The fourth-order valence-corrected chi connectivity index (χ4v) is 5.47. The molecule has 2 N–H and O–H groups in total. The molecule has 0 radical (unpaired) electrons. The molecular weight excluding hydrogens is 461 g/mol. The normalized spacial score (nSPS) is 18.8. The summed E-state index contributed by atoms with van der Waals surface area (Å²) in [5.74, 6) is -0.580. The van der Waals surface area contributed by atoms with E-state index in [9.17, 15) is 17.6 Å². The number of halogens is 1. The van der Waals surface area contributed by atoms with Crippen LogP contribution in [0.2, 0.25) is 0 Å². The third-order valence-corrected chi connectivity index (χ3v) is 7.74. The molecule has 2 aromatic carbocycles. The number of anilines is 2. The van der Waals surface area contributed by atoms with Crippen molar-refractivity contribution in [2.75, 3.05) is 43.2 Å². The number of carbonyl (C=O) groups excluding carboxylic acids is 1. The number of H-pyrrole nitrogens is 1. The Balaban J connectivity index is 1.55. The zero-order valence-corrected chi connectivity index (χ0v) is 20.1. The van der Waals surface area contributed by atoms with Crippen LogP contribution in [0.5, 0.6) is 0 Å². The lowest BCUT2D eigenvalue weighted by Crippen LogP contribution is -2.36. The smallest absolute Gasteiger partial charge is 0.338 e. The molecule has 182 valence electrons. The number of esters is 1. The van der Waals surface area contributed by atoms with Gasteiger partial charge in [-0.05, 0) is 48.9 Å². The van der Waals surface area contributed by atoms with Crippen LogP contribution >= 0.6 is 0 Å². The van der Waals surface area contributed by atoms with Gasteiger partial charge >= 0.3 is 5.97 Å². The standard InChI is InChI=1S/C23H28FN5O4S/c1-4-11-34(31,32)29-13-20(27-23-25-18-10-7-16(24)12-19(18)26-23)21(14-29)33-22(30)15-5-8-17(9-6-15)28(2)3/h5-10,12,20-21H,4,11,13-14H2,1-3H3,(H2,25,26,27)/t20-,21-/m0/s1. The molecule has 9 nitrogen and oxygen atoms in total. The lowest BCUT2D eigenvalue weighted by Gasteiger charge is -2.20. The first-order chi connectivity index (χ1) is 16.2. The molecule has 1 fully saturated rings. The Kier molecular flexibility index (Phi) is 6.76. The molecule has 0 saturated carbocycles. The van der Waals surface area contributed by atoms with Crippen LogP contribution in [0.15, 0.2) is 42.5 Å². The van der Waals surface area contributed by atoms with E-state index in [4.69, 9.17) is 4.74 Å². The molecule has 11 heteroatoms. The van der Waals surface area contributed by atoms with E-state index in [-0.39, 0.29) is 18.8 Å². The summed E-state index contributed by atoms with van der Waals surface area (Å²) in [7, 11) is 0.308. The predicted molar refractivity (Wildman–Crippen MR) is 129 cm³/mol. The molecule has 1 aliphatic rings. The van der Waals surface area contributed by atoms with Crippen LogP contribution in [-0.4, -0.2) is 73.7 Å². The number of hydrogen-bond acceptors (Lipinski definition) is 7. The van der Waals surface area contributed by atoms with Gasteiger partial charge in [-0.15, -0.1) is 0 Å². The number of nitrogens with one attached hydrogen (secondary N) is 2. The Hall–Kier alpha value is -3.18. The highest BCUT2D eigenvalue weighted by atomic mass is 32.2. The number of aromatic nitrogens is 2. The average Bonchev–Trinajstić information content (AvgIpc) is 3.37. The Morgan fingerprint density at radius 1 is 1.24 bits per heavy atom. The van der Waals surface area contributed by atoms with Gasteiger partial charge in [-0.3, -0.25) is 0 Å². The maximum absolute atomic E-state index is 13.5. The number of hydrogen-bond donors (Lipinski definition) is 2. The number of imidazole rings is 1. The van der Waals surface area contributed by atoms with Crippen molar-refractivity contribution in [3.63, 3.8) is 0 Å². The van der Waals surface area contributed by atoms with Crippen LogP contribution in [0.1, 0.15) is 23.7 Å². The van der Waals surface area contributed by atoms with E-state index in [1.807, 2.05) is 31.1 Å². The minimum absolute atomic E-state index is 0.0102. The second-order valence-electron chi connectivity index (χ2n) is 8.52. The van der Waals surface area contributed by atoms with Crippen molar-refractivity contribution >= 4 is 38.7 Å². The molecule has 1 saturated heterocycles. The average molecular weight is 490 g/mol. The van der Waals surface area contributed by atoms with Gasteiger partial charge in [-0.25, -0.2) is 22.6 Å². The molecule has 1 aromatic heterocycles. The molecule has 0 spiro atoms. The minimum Gasteiger partial charge on any atom is -0.455 e. The fraction of sp³-hybridized carbons (Fsp3) is 0.391. The molecule has 2 atom stereocenters. The monoisotopic (exact) mass is 489 g/mol. The lowest BCUT2D eigenvalue weighted by molar-refractivity contribution is 0.0316. The van der Waals surface area contributed by atoms with Crippen LogP contribution in [0, 0.1) is 5.82 Å². The van der Waals surface area contributed by atoms with E-state index >= 15 is 0 Å². The number of carbonyl (C=O) groups is 1. The number of aromatic amines is 1. The summed E-state index contributed by atoms with van der Waals surface area (Å²) in [5.41, 5.74) is 2.38. The molecule has 4 rings (SSSR count). The second kappa shape index (κ2) is 9.59. The molecule has 2 heterocycles. The molecule has 0 unspecified atom stereocenters. The largest absolute Gasteiger partial charge is 0.455 e. The van der Waals surface area contributed by atoms with E-state index in [2.05, 4.69) is 15.3 Å². The third kappa shape index (κ3) is 5.15.